The van der Waals surface area contributed by atoms with E-state index in [-0.39, 0.29) is 23.2 Å². The lowest BCUT2D eigenvalue weighted by molar-refractivity contribution is -0.159. The van der Waals surface area contributed by atoms with Gasteiger partial charge in [-0.25, -0.2) is 0 Å². The maximum Gasteiger partial charge on any atom is 0.310 e. The predicted molar refractivity (Wildman–Crippen MR) is 62.5 cm³/mol. The second-order valence-electron chi connectivity index (χ2n) is 5.48. The predicted octanol–water partition coefficient (Wildman–Crippen LogP) is 0.165. The molecule has 2 rings (SSSR count). The van der Waals surface area contributed by atoms with Gasteiger partial charge in [-0.3, -0.25) is 9.59 Å². The normalized spacial score (nSPS) is 29.5. The molecular weight excluding hydrogens is 220 g/mol. The number of carbonyl (C=O) groups excluding carboxylic acids is 1. The Balaban J connectivity index is 2.02. The van der Waals surface area contributed by atoms with Crippen molar-refractivity contribution < 1.29 is 14.7 Å². The molecule has 2 aliphatic heterocycles. The Labute approximate surface area is 101 Å². The van der Waals surface area contributed by atoms with Crippen LogP contribution in [0, 0.1) is 17.3 Å². The first-order chi connectivity index (χ1) is 7.97. The van der Waals surface area contributed by atoms with E-state index in [1.807, 2.05) is 0 Å². The zero-order chi connectivity index (χ0) is 12.6. The highest BCUT2D eigenvalue weighted by Crippen LogP contribution is 2.37. The van der Waals surface area contributed by atoms with Crippen LogP contribution in [0.4, 0.5) is 0 Å². The lowest BCUT2D eigenvalue weighted by Crippen LogP contribution is -2.59. The number of rotatable bonds is 3. The van der Waals surface area contributed by atoms with E-state index < -0.39 is 5.97 Å². The molecule has 2 saturated heterocycles. The van der Waals surface area contributed by atoms with Crippen LogP contribution in [-0.4, -0.2) is 48.1 Å². The second kappa shape index (κ2) is 4.29. The van der Waals surface area contributed by atoms with Crippen molar-refractivity contribution in [2.45, 2.75) is 20.3 Å². The number of carboxylic acids is 1. The molecule has 0 saturated carbocycles. The van der Waals surface area contributed by atoms with Crippen molar-refractivity contribution in [3.05, 3.63) is 0 Å². The molecule has 0 aromatic heterocycles. The number of hydrogen-bond acceptors (Lipinski definition) is 3. The van der Waals surface area contributed by atoms with Gasteiger partial charge in [0.1, 0.15) is 0 Å². The summed E-state index contributed by atoms with van der Waals surface area (Å²) >= 11 is 0. The Morgan fingerprint density at radius 1 is 1.41 bits per heavy atom. The van der Waals surface area contributed by atoms with E-state index in [0.29, 0.717) is 13.1 Å². The summed E-state index contributed by atoms with van der Waals surface area (Å²) in [4.78, 5) is 24.9. The molecule has 2 N–H and O–H groups in total. The summed E-state index contributed by atoms with van der Waals surface area (Å²) in [5, 5.41) is 12.1. The third-order valence-corrected chi connectivity index (χ3v) is 4.24. The molecule has 0 aromatic rings. The average molecular weight is 240 g/mol. The maximum absolute atomic E-state index is 12.5. The van der Waals surface area contributed by atoms with Gasteiger partial charge in [-0.1, -0.05) is 13.8 Å². The lowest BCUT2D eigenvalue weighted by atomic mass is 9.74. The van der Waals surface area contributed by atoms with Crippen LogP contribution in [0.5, 0.6) is 0 Å². The zero-order valence-corrected chi connectivity index (χ0v) is 10.4. The number of amides is 1. The summed E-state index contributed by atoms with van der Waals surface area (Å²) < 4.78 is 0. The maximum atomic E-state index is 12.5. The summed E-state index contributed by atoms with van der Waals surface area (Å²) in [6.45, 7) is 6.49. The molecule has 0 spiro atoms. The molecule has 1 atom stereocenters. The number of carboxylic acid groups (broad SMARTS) is 1. The molecule has 2 fully saturated rings. The molecule has 5 heteroatoms. The minimum Gasteiger partial charge on any atom is -0.481 e. The molecule has 2 heterocycles. The van der Waals surface area contributed by atoms with Gasteiger partial charge in [-0.05, 0) is 18.9 Å². The first-order valence-electron chi connectivity index (χ1n) is 6.20. The fourth-order valence-electron chi connectivity index (χ4n) is 2.75. The van der Waals surface area contributed by atoms with Gasteiger partial charge in [0.2, 0.25) is 5.91 Å². The van der Waals surface area contributed by atoms with Gasteiger partial charge in [-0.2, -0.15) is 0 Å². The molecule has 2 aliphatic rings. The molecule has 96 valence electrons. The van der Waals surface area contributed by atoms with E-state index in [9.17, 15) is 9.59 Å². The number of hydrogen-bond donors (Lipinski definition) is 2. The molecule has 0 radical (unpaired) electrons. The first-order valence-corrected chi connectivity index (χ1v) is 6.20. The van der Waals surface area contributed by atoms with Crippen molar-refractivity contribution >= 4 is 11.9 Å². The van der Waals surface area contributed by atoms with Crippen LogP contribution in [-0.2, 0) is 9.59 Å². The topological polar surface area (TPSA) is 69.6 Å². The van der Waals surface area contributed by atoms with Gasteiger partial charge in [0.15, 0.2) is 0 Å². The molecule has 0 aromatic carbocycles. The molecule has 1 amide bonds. The van der Waals surface area contributed by atoms with Crippen LogP contribution in [0.25, 0.3) is 0 Å². The largest absolute Gasteiger partial charge is 0.481 e. The number of likely N-dealkylation sites (tertiary alicyclic amines) is 1. The van der Waals surface area contributed by atoms with Crippen LogP contribution in [0.2, 0.25) is 0 Å². The van der Waals surface area contributed by atoms with Crippen LogP contribution in [0.1, 0.15) is 20.3 Å². The van der Waals surface area contributed by atoms with E-state index in [0.717, 1.165) is 19.5 Å². The van der Waals surface area contributed by atoms with Gasteiger partial charge < -0.3 is 15.3 Å². The minimum absolute atomic E-state index is 0.134. The third-order valence-electron chi connectivity index (χ3n) is 4.24. The summed E-state index contributed by atoms with van der Waals surface area (Å²) in [7, 11) is 0. The van der Waals surface area contributed by atoms with Crippen LogP contribution in [0.3, 0.4) is 0 Å². The fraction of sp³-hybridized carbons (Fsp3) is 0.833. The average Bonchev–Trinajstić information content (AvgIpc) is 2.63. The highest BCUT2D eigenvalue weighted by Gasteiger charge is 2.49. The highest BCUT2D eigenvalue weighted by molar-refractivity contribution is 5.86. The van der Waals surface area contributed by atoms with E-state index in [1.165, 1.54) is 0 Å². The minimum atomic E-state index is -0.794. The van der Waals surface area contributed by atoms with Gasteiger partial charge in [0.05, 0.1) is 11.3 Å². The summed E-state index contributed by atoms with van der Waals surface area (Å²) in [5.41, 5.74) is -0.316. The summed E-state index contributed by atoms with van der Waals surface area (Å²) in [6.07, 6.45) is 0.859. The van der Waals surface area contributed by atoms with Crippen molar-refractivity contribution in [1.82, 2.24) is 10.2 Å². The standard InChI is InChI=1S/C12H20N2O3/c1-8(2)12(3-4-13-7-12)11(17)14-5-9(6-14)10(15)16/h8-9,13H,3-7H2,1-2H3,(H,15,16). The summed E-state index contributed by atoms with van der Waals surface area (Å²) in [5.74, 6) is -0.737. The molecule has 1 unspecified atom stereocenters. The quantitative estimate of drug-likeness (QED) is 0.737. The Morgan fingerprint density at radius 3 is 2.47 bits per heavy atom. The Bertz CT molecular complexity index is 329. The number of nitrogens with zero attached hydrogens (tertiary/aromatic N) is 1. The van der Waals surface area contributed by atoms with Crippen LogP contribution >= 0.6 is 0 Å². The number of carbonyl (C=O) groups is 2. The van der Waals surface area contributed by atoms with Crippen LogP contribution in [0.15, 0.2) is 0 Å². The van der Waals surface area contributed by atoms with Crippen molar-refractivity contribution in [3.8, 4) is 0 Å². The first kappa shape index (κ1) is 12.4. The van der Waals surface area contributed by atoms with Crippen molar-refractivity contribution in [2.24, 2.45) is 17.3 Å². The zero-order valence-electron chi connectivity index (χ0n) is 10.4. The van der Waals surface area contributed by atoms with Gasteiger partial charge >= 0.3 is 5.97 Å². The van der Waals surface area contributed by atoms with Crippen molar-refractivity contribution in [3.63, 3.8) is 0 Å². The lowest BCUT2D eigenvalue weighted by Gasteiger charge is -2.43. The number of nitrogens with one attached hydrogen (secondary N) is 1. The third kappa shape index (κ3) is 1.92. The van der Waals surface area contributed by atoms with Crippen molar-refractivity contribution in [1.29, 1.82) is 0 Å². The fourth-order valence-corrected chi connectivity index (χ4v) is 2.75. The Hall–Kier alpha value is -1.10. The van der Waals surface area contributed by atoms with E-state index in [1.54, 1.807) is 4.90 Å². The van der Waals surface area contributed by atoms with Gasteiger partial charge in [0.25, 0.3) is 0 Å². The summed E-state index contributed by atoms with van der Waals surface area (Å²) in [6, 6.07) is 0. The van der Waals surface area contributed by atoms with Gasteiger partial charge in [-0.15, -0.1) is 0 Å². The van der Waals surface area contributed by atoms with Crippen molar-refractivity contribution in [2.75, 3.05) is 26.2 Å². The Kier molecular flexibility index (Phi) is 3.12. The Morgan fingerprint density at radius 2 is 2.06 bits per heavy atom. The molecule has 0 aliphatic carbocycles. The van der Waals surface area contributed by atoms with E-state index in [4.69, 9.17) is 5.11 Å². The number of aliphatic carboxylic acids is 1. The van der Waals surface area contributed by atoms with E-state index in [2.05, 4.69) is 19.2 Å². The second-order valence-corrected chi connectivity index (χ2v) is 5.48. The van der Waals surface area contributed by atoms with Gasteiger partial charge in [0, 0.05) is 19.6 Å². The molecule has 5 nitrogen and oxygen atoms in total. The monoisotopic (exact) mass is 240 g/mol. The molecular formula is C12H20N2O3. The smallest absolute Gasteiger partial charge is 0.310 e. The molecule has 17 heavy (non-hydrogen) atoms. The van der Waals surface area contributed by atoms with Crippen LogP contribution < -0.4 is 5.32 Å². The highest BCUT2D eigenvalue weighted by atomic mass is 16.4. The SMILES string of the molecule is CC(C)C1(C(=O)N2CC(C(=O)O)C2)CCNC1. The molecule has 0 bridgehead atoms. The van der Waals surface area contributed by atoms with E-state index >= 15 is 0 Å².